The average Bonchev–Trinajstić information content (AvgIpc) is 2.89. The molecule has 0 saturated carbocycles. The first-order valence-corrected chi connectivity index (χ1v) is 13.0. The number of benzene rings is 1. The molecular weight excluding hydrogens is 548 g/mol. The van der Waals surface area contributed by atoms with Gasteiger partial charge in [-0.15, -0.1) is 0 Å². The van der Waals surface area contributed by atoms with Gasteiger partial charge in [0, 0.05) is 44.5 Å². The van der Waals surface area contributed by atoms with Gasteiger partial charge in [0.25, 0.3) is 5.91 Å². The van der Waals surface area contributed by atoms with Crippen molar-refractivity contribution in [2.75, 3.05) is 33.4 Å². The Morgan fingerprint density at radius 2 is 1.92 bits per heavy atom. The van der Waals surface area contributed by atoms with Crippen molar-refractivity contribution in [1.82, 2.24) is 20.2 Å². The van der Waals surface area contributed by atoms with Gasteiger partial charge < -0.3 is 24.4 Å². The van der Waals surface area contributed by atoms with E-state index in [0.29, 0.717) is 49.7 Å². The van der Waals surface area contributed by atoms with Crippen LogP contribution in [0.3, 0.4) is 0 Å². The number of halogens is 5. The molecule has 4 rings (SSSR count). The predicted molar refractivity (Wildman–Crippen MR) is 135 cm³/mol. The fourth-order valence-corrected chi connectivity index (χ4v) is 4.91. The monoisotopic (exact) mass is 576 g/mol. The van der Waals surface area contributed by atoms with Gasteiger partial charge in [-0.3, -0.25) is 4.79 Å². The highest BCUT2D eigenvalue weighted by molar-refractivity contribution is 6.42. The third kappa shape index (κ3) is 6.87. The van der Waals surface area contributed by atoms with Crippen molar-refractivity contribution in [3.63, 3.8) is 0 Å². The second-order valence-corrected chi connectivity index (χ2v) is 10.2. The number of hydrogen-bond donors (Lipinski definition) is 1. The molecule has 2 saturated heterocycles. The number of nitrogens with zero attached hydrogens (tertiary/aromatic N) is 3. The van der Waals surface area contributed by atoms with Gasteiger partial charge >= 0.3 is 6.18 Å². The SMILES string of the molecule is COC1COCCC1NC1CCN(C(=O)c2nc(C(F)(F)F)nc(OCc3ccc(Cl)c(Cl)c3)c2C)CC1. The van der Waals surface area contributed by atoms with Crippen molar-refractivity contribution < 1.29 is 32.2 Å². The van der Waals surface area contributed by atoms with Crippen LogP contribution in [0.2, 0.25) is 10.0 Å². The highest BCUT2D eigenvalue weighted by Gasteiger charge is 2.38. The van der Waals surface area contributed by atoms with Gasteiger partial charge in [0.05, 0.1) is 22.8 Å². The molecule has 1 N–H and O–H groups in total. The molecular formula is C25H29Cl2F3N4O4. The molecule has 2 unspecified atom stereocenters. The number of carbonyl (C=O) groups is 1. The van der Waals surface area contributed by atoms with Gasteiger partial charge in [-0.2, -0.15) is 18.2 Å². The van der Waals surface area contributed by atoms with Crippen LogP contribution in [-0.4, -0.2) is 72.4 Å². The first-order valence-electron chi connectivity index (χ1n) is 12.2. The number of rotatable bonds is 7. The van der Waals surface area contributed by atoms with E-state index < -0.39 is 17.9 Å². The zero-order valence-electron chi connectivity index (χ0n) is 21.0. The topological polar surface area (TPSA) is 85.8 Å². The quantitative estimate of drug-likeness (QED) is 0.512. The van der Waals surface area contributed by atoms with E-state index in [1.54, 1.807) is 25.3 Å². The maximum absolute atomic E-state index is 13.6. The van der Waals surface area contributed by atoms with E-state index in [4.69, 9.17) is 37.4 Å². The molecule has 2 aliphatic rings. The van der Waals surface area contributed by atoms with Crippen LogP contribution in [0.25, 0.3) is 0 Å². The Morgan fingerprint density at radius 3 is 2.58 bits per heavy atom. The highest BCUT2D eigenvalue weighted by atomic mass is 35.5. The molecule has 38 heavy (non-hydrogen) atoms. The van der Waals surface area contributed by atoms with Crippen LogP contribution < -0.4 is 10.1 Å². The van der Waals surface area contributed by atoms with E-state index in [2.05, 4.69) is 15.3 Å². The van der Waals surface area contributed by atoms with Gasteiger partial charge in [-0.25, -0.2) is 4.98 Å². The lowest BCUT2D eigenvalue weighted by Crippen LogP contribution is -2.54. The van der Waals surface area contributed by atoms with E-state index >= 15 is 0 Å². The molecule has 13 heteroatoms. The Hall–Kier alpha value is -2.18. The molecule has 2 aliphatic heterocycles. The van der Waals surface area contributed by atoms with E-state index in [1.807, 2.05) is 0 Å². The van der Waals surface area contributed by atoms with Crippen LogP contribution >= 0.6 is 23.2 Å². The predicted octanol–water partition coefficient (Wildman–Crippen LogP) is 4.69. The molecule has 1 aromatic carbocycles. The van der Waals surface area contributed by atoms with Gasteiger partial charge in [0.1, 0.15) is 12.3 Å². The second kappa shape index (κ2) is 12.3. The van der Waals surface area contributed by atoms with Crippen LogP contribution in [-0.2, 0) is 22.3 Å². The van der Waals surface area contributed by atoms with Gasteiger partial charge in [0.15, 0.2) is 0 Å². The minimum absolute atomic E-state index is 0.0461. The fourth-order valence-electron chi connectivity index (χ4n) is 4.59. The fraction of sp³-hybridized carbons (Fsp3) is 0.560. The molecule has 8 nitrogen and oxygen atoms in total. The average molecular weight is 577 g/mol. The number of methoxy groups -OCH3 is 1. The molecule has 2 fully saturated rings. The third-order valence-corrected chi connectivity index (χ3v) is 7.49. The summed E-state index contributed by atoms with van der Waals surface area (Å²) >= 11 is 11.9. The van der Waals surface area contributed by atoms with Gasteiger partial charge in [-0.1, -0.05) is 29.3 Å². The zero-order chi connectivity index (χ0) is 27.4. The molecule has 0 radical (unpaired) electrons. The molecule has 1 aromatic heterocycles. The smallest absolute Gasteiger partial charge is 0.451 e. The largest absolute Gasteiger partial charge is 0.472 e. The number of alkyl halides is 3. The summed E-state index contributed by atoms with van der Waals surface area (Å²) in [5, 5.41) is 4.22. The first-order chi connectivity index (χ1) is 18.1. The Kier molecular flexibility index (Phi) is 9.36. The Labute approximate surface area is 228 Å². The lowest BCUT2D eigenvalue weighted by molar-refractivity contribution is -0.145. The van der Waals surface area contributed by atoms with E-state index in [1.165, 1.54) is 11.8 Å². The van der Waals surface area contributed by atoms with Crippen molar-refractivity contribution >= 4 is 29.1 Å². The molecule has 208 valence electrons. The van der Waals surface area contributed by atoms with E-state index in [9.17, 15) is 18.0 Å². The molecule has 2 aromatic rings. The van der Waals surface area contributed by atoms with Crippen molar-refractivity contribution in [3.8, 4) is 5.88 Å². The highest BCUT2D eigenvalue weighted by Crippen LogP contribution is 2.31. The molecule has 3 heterocycles. The van der Waals surface area contributed by atoms with E-state index in [0.717, 1.165) is 6.42 Å². The molecule has 1 amide bonds. The number of carbonyl (C=O) groups excluding carboxylic acids is 1. The Bertz CT molecular complexity index is 1150. The van der Waals surface area contributed by atoms with Crippen molar-refractivity contribution in [3.05, 3.63) is 50.9 Å². The lowest BCUT2D eigenvalue weighted by atomic mass is 9.99. The maximum Gasteiger partial charge on any atom is 0.451 e. The summed E-state index contributed by atoms with van der Waals surface area (Å²) in [4.78, 5) is 22.0. The Morgan fingerprint density at radius 1 is 1.18 bits per heavy atom. The maximum atomic E-state index is 13.6. The summed E-state index contributed by atoms with van der Waals surface area (Å²) in [5.74, 6) is -2.34. The zero-order valence-corrected chi connectivity index (χ0v) is 22.5. The summed E-state index contributed by atoms with van der Waals surface area (Å²) in [6.45, 7) is 3.28. The summed E-state index contributed by atoms with van der Waals surface area (Å²) in [6.07, 6.45) is -2.78. The summed E-state index contributed by atoms with van der Waals surface area (Å²) in [5.41, 5.74) is 0.383. The molecule has 0 bridgehead atoms. The van der Waals surface area contributed by atoms with Crippen LogP contribution in [0.5, 0.6) is 5.88 Å². The van der Waals surface area contributed by atoms with E-state index in [-0.39, 0.29) is 47.0 Å². The van der Waals surface area contributed by atoms with Crippen molar-refractivity contribution in [2.45, 2.75) is 57.2 Å². The van der Waals surface area contributed by atoms with Crippen LogP contribution in [0.4, 0.5) is 13.2 Å². The summed E-state index contributed by atoms with van der Waals surface area (Å²) < 4.78 is 57.4. The number of piperidine rings is 1. The number of ether oxygens (including phenoxy) is 3. The lowest BCUT2D eigenvalue weighted by Gasteiger charge is -2.38. The van der Waals surface area contributed by atoms with Crippen molar-refractivity contribution in [2.24, 2.45) is 0 Å². The van der Waals surface area contributed by atoms with Crippen LogP contribution in [0.15, 0.2) is 18.2 Å². The number of hydrogen-bond acceptors (Lipinski definition) is 7. The van der Waals surface area contributed by atoms with Gasteiger partial charge in [-0.05, 0) is 43.9 Å². The number of nitrogens with one attached hydrogen (secondary N) is 1. The minimum Gasteiger partial charge on any atom is -0.472 e. The number of likely N-dealkylation sites (tertiary alicyclic amines) is 1. The second-order valence-electron chi connectivity index (χ2n) is 9.34. The molecule has 0 spiro atoms. The first kappa shape index (κ1) is 28.8. The van der Waals surface area contributed by atoms with Crippen LogP contribution in [0, 0.1) is 6.92 Å². The van der Waals surface area contributed by atoms with Gasteiger partial charge in [0.2, 0.25) is 11.7 Å². The molecule has 2 atom stereocenters. The third-order valence-electron chi connectivity index (χ3n) is 6.76. The normalized spacial score (nSPS) is 21.0. The standard InChI is InChI=1S/C25H29Cl2F3N4O4/c1-14-21(23(35)34-8-5-16(6-9-34)31-19-7-10-37-13-20(19)36-2)32-24(25(28,29)30)33-22(14)38-12-15-3-4-17(26)18(27)11-15/h3-4,11,16,19-20,31H,5-10,12-13H2,1-2H3. The number of aromatic nitrogens is 2. The summed E-state index contributed by atoms with van der Waals surface area (Å²) in [6, 6.07) is 5.04. The summed E-state index contributed by atoms with van der Waals surface area (Å²) in [7, 11) is 1.65. The van der Waals surface area contributed by atoms with Crippen LogP contribution in [0.1, 0.15) is 46.7 Å². The number of amides is 1. The minimum atomic E-state index is -4.86. The molecule has 0 aliphatic carbocycles. The Balaban J connectivity index is 1.46. The van der Waals surface area contributed by atoms with Crippen molar-refractivity contribution in [1.29, 1.82) is 0 Å².